The van der Waals surface area contributed by atoms with Crippen LogP contribution in [0.2, 0.25) is 0 Å². The molecule has 2 fully saturated rings. The highest BCUT2D eigenvalue weighted by Gasteiger charge is 2.52. The van der Waals surface area contributed by atoms with Gasteiger partial charge >= 0.3 is 6.03 Å². The predicted molar refractivity (Wildman–Crippen MR) is 87.2 cm³/mol. The molecule has 0 bridgehead atoms. The third-order valence-electron chi connectivity index (χ3n) is 5.21. The molecule has 1 aromatic carbocycles. The van der Waals surface area contributed by atoms with Gasteiger partial charge in [0.15, 0.2) is 0 Å². The van der Waals surface area contributed by atoms with E-state index in [1.165, 1.54) is 23.5 Å². The molecule has 1 heterocycles. The summed E-state index contributed by atoms with van der Waals surface area (Å²) >= 11 is 0. The van der Waals surface area contributed by atoms with Crippen LogP contribution in [0.1, 0.15) is 44.6 Å². The van der Waals surface area contributed by atoms with E-state index in [2.05, 4.69) is 5.32 Å². The van der Waals surface area contributed by atoms with Crippen molar-refractivity contribution in [1.82, 2.24) is 10.2 Å². The number of hydrogen-bond donors (Lipinski definition) is 1. The number of urea groups is 1. The van der Waals surface area contributed by atoms with Crippen molar-refractivity contribution in [2.45, 2.75) is 51.1 Å². The Morgan fingerprint density at radius 2 is 1.83 bits per heavy atom. The molecule has 0 radical (unpaired) electrons. The van der Waals surface area contributed by atoms with Crippen molar-refractivity contribution in [3.63, 3.8) is 0 Å². The Labute approximate surface area is 140 Å². The van der Waals surface area contributed by atoms with Gasteiger partial charge in [-0.2, -0.15) is 0 Å². The van der Waals surface area contributed by atoms with Crippen molar-refractivity contribution in [2.24, 2.45) is 5.92 Å². The predicted octanol–water partition coefficient (Wildman–Crippen LogP) is 2.99. The number of benzene rings is 1. The van der Waals surface area contributed by atoms with Gasteiger partial charge in [-0.1, -0.05) is 31.4 Å². The van der Waals surface area contributed by atoms with E-state index in [-0.39, 0.29) is 30.1 Å². The average Bonchev–Trinajstić information content (AvgIpc) is 2.80. The van der Waals surface area contributed by atoms with Gasteiger partial charge in [0.1, 0.15) is 5.54 Å². The quantitative estimate of drug-likeness (QED) is 0.521. The molecule has 1 aliphatic heterocycles. The van der Waals surface area contributed by atoms with Gasteiger partial charge in [-0.05, 0) is 31.2 Å². The Morgan fingerprint density at radius 3 is 2.42 bits per heavy atom. The zero-order valence-electron chi connectivity index (χ0n) is 13.7. The van der Waals surface area contributed by atoms with Gasteiger partial charge in [0.05, 0.1) is 11.5 Å². The van der Waals surface area contributed by atoms with Gasteiger partial charge in [-0.15, -0.1) is 0 Å². The Kier molecular flexibility index (Phi) is 4.26. The third kappa shape index (κ3) is 2.86. The number of nitrogens with zero attached hydrogens (tertiary/aromatic N) is 2. The van der Waals surface area contributed by atoms with Crippen molar-refractivity contribution in [2.75, 3.05) is 0 Å². The number of nitro groups is 1. The van der Waals surface area contributed by atoms with Crippen molar-refractivity contribution in [3.05, 3.63) is 39.9 Å². The monoisotopic (exact) mass is 331 g/mol. The van der Waals surface area contributed by atoms with E-state index in [4.69, 9.17) is 0 Å². The molecule has 128 valence electrons. The molecule has 0 aromatic heterocycles. The summed E-state index contributed by atoms with van der Waals surface area (Å²) in [6.45, 7) is 1.95. The molecule has 0 spiro atoms. The number of non-ortho nitro benzene ring substituents is 1. The van der Waals surface area contributed by atoms with Crippen LogP contribution in [0.25, 0.3) is 0 Å². The zero-order valence-corrected chi connectivity index (χ0v) is 13.7. The van der Waals surface area contributed by atoms with Crippen LogP contribution in [0.3, 0.4) is 0 Å². The van der Waals surface area contributed by atoms with Gasteiger partial charge in [-0.3, -0.25) is 19.8 Å². The highest BCUT2D eigenvalue weighted by molar-refractivity contribution is 6.06. The molecular formula is C17H21N3O4. The SMILES string of the molecule is C[C@]1(C2CCCCC2)NC(=O)N(Cc2ccc([N+](=O)[O-])cc2)C1=O. The fraction of sp³-hybridized carbons (Fsp3) is 0.529. The van der Waals surface area contributed by atoms with Crippen molar-refractivity contribution >= 4 is 17.6 Å². The maximum Gasteiger partial charge on any atom is 0.325 e. The largest absolute Gasteiger partial charge is 0.325 e. The Hall–Kier alpha value is -2.44. The average molecular weight is 331 g/mol. The van der Waals surface area contributed by atoms with Crippen molar-refractivity contribution < 1.29 is 14.5 Å². The topological polar surface area (TPSA) is 92.6 Å². The Morgan fingerprint density at radius 1 is 1.21 bits per heavy atom. The minimum Gasteiger partial charge on any atom is -0.323 e. The second-order valence-corrected chi connectivity index (χ2v) is 6.78. The van der Waals surface area contributed by atoms with Crippen LogP contribution >= 0.6 is 0 Å². The first-order chi connectivity index (χ1) is 11.4. The van der Waals surface area contributed by atoms with Crippen LogP contribution < -0.4 is 5.32 Å². The van der Waals surface area contributed by atoms with Gasteiger partial charge < -0.3 is 5.32 Å². The number of nitro benzene ring substituents is 1. The van der Waals surface area contributed by atoms with Gasteiger partial charge in [0, 0.05) is 12.1 Å². The van der Waals surface area contributed by atoms with Crippen LogP contribution in [0.15, 0.2) is 24.3 Å². The van der Waals surface area contributed by atoms with E-state index in [9.17, 15) is 19.7 Å². The van der Waals surface area contributed by atoms with Crippen LogP contribution in [0.4, 0.5) is 10.5 Å². The summed E-state index contributed by atoms with van der Waals surface area (Å²) < 4.78 is 0. The Balaban J connectivity index is 1.75. The number of nitrogens with one attached hydrogen (secondary N) is 1. The minimum absolute atomic E-state index is 0.0111. The lowest BCUT2D eigenvalue weighted by atomic mass is 9.75. The molecule has 3 rings (SSSR count). The molecule has 7 nitrogen and oxygen atoms in total. The van der Waals surface area contributed by atoms with Crippen LogP contribution in [0, 0.1) is 16.0 Å². The molecule has 2 aliphatic rings. The molecule has 1 saturated carbocycles. The highest BCUT2D eigenvalue weighted by atomic mass is 16.6. The number of imide groups is 1. The summed E-state index contributed by atoms with van der Waals surface area (Å²) in [5.41, 5.74) is -0.154. The molecule has 1 saturated heterocycles. The zero-order chi connectivity index (χ0) is 17.3. The molecule has 0 unspecified atom stereocenters. The van der Waals surface area contributed by atoms with E-state index >= 15 is 0 Å². The van der Waals surface area contributed by atoms with Crippen LogP contribution in [0.5, 0.6) is 0 Å². The molecule has 7 heteroatoms. The number of hydrogen-bond acceptors (Lipinski definition) is 4. The lowest BCUT2D eigenvalue weighted by Crippen LogP contribution is -2.51. The van der Waals surface area contributed by atoms with Crippen molar-refractivity contribution in [1.29, 1.82) is 0 Å². The molecule has 1 aliphatic carbocycles. The molecular weight excluding hydrogens is 310 g/mol. The first-order valence-electron chi connectivity index (χ1n) is 8.29. The lowest BCUT2D eigenvalue weighted by molar-refractivity contribution is -0.384. The molecule has 24 heavy (non-hydrogen) atoms. The van der Waals surface area contributed by atoms with Gasteiger partial charge in [0.2, 0.25) is 0 Å². The molecule has 1 atom stereocenters. The molecule has 1 aromatic rings. The second kappa shape index (κ2) is 6.22. The van der Waals surface area contributed by atoms with E-state index < -0.39 is 10.5 Å². The summed E-state index contributed by atoms with van der Waals surface area (Å²) in [7, 11) is 0. The smallest absolute Gasteiger partial charge is 0.323 e. The Bertz CT molecular complexity index is 667. The summed E-state index contributed by atoms with van der Waals surface area (Å²) in [5, 5.41) is 13.6. The van der Waals surface area contributed by atoms with Crippen LogP contribution in [-0.2, 0) is 11.3 Å². The standard InChI is InChI=1S/C17H21N3O4/c1-17(13-5-3-2-4-6-13)15(21)19(16(22)18-17)11-12-7-9-14(10-8-12)20(23)24/h7-10,13H,2-6,11H2,1H3,(H,18,22)/t17-/m1/s1. The summed E-state index contributed by atoms with van der Waals surface area (Å²) in [6.07, 6.45) is 5.26. The van der Waals surface area contributed by atoms with E-state index in [1.807, 2.05) is 6.92 Å². The summed E-state index contributed by atoms with van der Waals surface area (Å²) in [4.78, 5) is 36.6. The lowest BCUT2D eigenvalue weighted by Gasteiger charge is -2.34. The molecule has 3 amide bonds. The summed E-state index contributed by atoms with van der Waals surface area (Å²) in [6, 6.07) is 5.54. The normalized spacial score (nSPS) is 25.0. The van der Waals surface area contributed by atoms with Crippen LogP contribution in [-0.4, -0.2) is 27.3 Å². The van der Waals surface area contributed by atoms with Crippen molar-refractivity contribution in [3.8, 4) is 0 Å². The maximum absolute atomic E-state index is 12.9. The number of carbonyl (C=O) groups is 2. The summed E-state index contributed by atoms with van der Waals surface area (Å²) in [5.74, 6) is -0.0256. The highest BCUT2D eigenvalue weighted by Crippen LogP contribution is 2.36. The second-order valence-electron chi connectivity index (χ2n) is 6.78. The number of amides is 3. The minimum atomic E-state index is -0.835. The van der Waals surface area contributed by atoms with E-state index in [0.717, 1.165) is 25.7 Å². The van der Waals surface area contributed by atoms with Gasteiger partial charge in [-0.25, -0.2) is 4.79 Å². The fourth-order valence-corrected chi connectivity index (χ4v) is 3.72. The third-order valence-corrected chi connectivity index (χ3v) is 5.21. The fourth-order valence-electron chi connectivity index (χ4n) is 3.72. The number of carbonyl (C=O) groups excluding carboxylic acids is 2. The first kappa shape index (κ1) is 16.4. The maximum atomic E-state index is 12.9. The van der Waals surface area contributed by atoms with E-state index in [1.54, 1.807) is 12.1 Å². The first-order valence-corrected chi connectivity index (χ1v) is 8.29. The van der Waals surface area contributed by atoms with Gasteiger partial charge in [0.25, 0.3) is 11.6 Å². The number of rotatable bonds is 4. The molecule has 1 N–H and O–H groups in total. The van der Waals surface area contributed by atoms with E-state index in [0.29, 0.717) is 5.56 Å².